The SMILES string of the molecule is CC(C(=O)O)C(=O)NCc1ccccc1C(F)(F)F. The minimum Gasteiger partial charge on any atom is -0.481 e. The average molecular weight is 275 g/mol. The largest absolute Gasteiger partial charge is 0.481 e. The Morgan fingerprint density at radius 1 is 1.32 bits per heavy atom. The lowest BCUT2D eigenvalue weighted by Gasteiger charge is -2.14. The van der Waals surface area contributed by atoms with Gasteiger partial charge in [-0.1, -0.05) is 18.2 Å². The number of carbonyl (C=O) groups is 2. The molecule has 104 valence electrons. The fraction of sp³-hybridized carbons (Fsp3) is 0.333. The molecule has 0 heterocycles. The van der Waals surface area contributed by atoms with Gasteiger partial charge >= 0.3 is 12.1 Å². The topological polar surface area (TPSA) is 66.4 Å². The molecule has 0 radical (unpaired) electrons. The van der Waals surface area contributed by atoms with E-state index in [9.17, 15) is 22.8 Å². The first-order chi connectivity index (χ1) is 8.73. The van der Waals surface area contributed by atoms with E-state index in [2.05, 4.69) is 5.32 Å². The third-order valence-corrected chi connectivity index (χ3v) is 2.54. The lowest BCUT2D eigenvalue weighted by atomic mass is 10.1. The van der Waals surface area contributed by atoms with Gasteiger partial charge in [0.1, 0.15) is 5.92 Å². The van der Waals surface area contributed by atoms with Gasteiger partial charge in [-0.05, 0) is 18.6 Å². The van der Waals surface area contributed by atoms with Crippen LogP contribution in [0.5, 0.6) is 0 Å². The van der Waals surface area contributed by atoms with E-state index in [0.29, 0.717) is 0 Å². The summed E-state index contributed by atoms with van der Waals surface area (Å²) < 4.78 is 38.0. The molecule has 0 aliphatic heterocycles. The first-order valence-corrected chi connectivity index (χ1v) is 5.39. The molecule has 7 heteroatoms. The summed E-state index contributed by atoms with van der Waals surface area (Å²) in [6.45, 7) is 0.791. The van der Waals surface area contributed by atoms with Gasteiger partial charge in [0.25, 0.3) is 0 Å². The zero-order valence-corrected chi connectivity index (χ0v) is 9.99. The first kappa shape index (κ1) is 15.0. The number of carboxylic acid groups (broad SMARTS) is 1. The summed E-state index contributed by atoms with van der Waals surface area (Å²) in [4.78, 5) is 21.9. The Morgan fingerprint density at radius 2 is 1.89 bits per heavy atom. The Bertz CT molecular complexity index is 485. The molecule has 2 N–H and O–H groups in total. The van der Waals surface area contributed by atoms with Gasteiger partial charge in [-0.25, -0.2) is 0 Å². The van der Waals surface area contributed by atoms with Gasteiger partial charge in [-0.2, -0.15) is 13.2 Å². The Labute approximate surface area is 107 Å². The predicted octanol–water partition coefficient (Wildman–Crippen LogP) is 2.04. The molecule has 1 amide bonds. The highest BCUT2D eigenvalue weighted by Gasteiger charge is 2.33. The van der Waals surface area contributed by atoms with E-state index in [4.69, 9.17) is 5.11 Å². The predicted molar refractivity (Wildman–Crippen MR) is 60.1 cm³/mol. The molecule has 1 rings (SSSR count). The molecule has 0 bridgehead atoms. The Morgan fingerprint density at radius 3 is 2.42 bits per heavy atom. The van der Waals surface area contributed by atoms with Gasteiger partial charge < -0.3 is 10.4 Å². The van der Waals surface area contributed by atoms with E-state index in [0.717, 1.165) is 13.0 Å². The van der Waals surface area contributed by atoms with Crippen LogP contribution in [0, 0.1) is 5.92 Å². The van der Waals surface area contributed by atoms with Crippen LogP contribution in [0.4, 0.5) is 13.2 Å². The van der Waals surface area contributed by atoms with Crippen molar-refractivity contribution in [3.63, 3.8) is 0 Å². The van der Waals surface area contributed by atoms with Gasteiger partial charge in [0, 0.05) is 6.54 Å². The number of nitrogens with one attached hydrogen (secondary N) is 1. The number of aliphatic carboxylic acids is 1. The maximum absolute atomic E-state index is 12.7. The third kappa shape index (κ3) is 3.97. The number of halogens is 3. The van der Waals surface area contributed by atoms with Crippen molar-refractivity contribution in [3.05, 3.63) is 35.4 Å². The molecule has 0 aliphatic rings. The molecule has 1 atom stereocenters. The van der Waals surface area contributed by atoms with Crippen LogP contribution >= 0.6 is 0 Å². The second kappa shape index (κ2) is 5.73. The van der Waals surface area contributed by atoms with E-state index in [1.54, 1.807) is 0 Å². The molecule has 0 saturated carbocycles. The van der Waals surface area contributed by atoms with E-state index in [-0.39, 0.29) is 12.1 Å². The number of hydrogen-bond donors (Lipinski definition) is 2. The van der Waals surface area contributed by atoms with Crippen molar-refractivity contribution in [1.82, 2.24) is 5.32 Å². The van der Waals surface area contributed by atoms with Crippen LogP contribution in [0.3, 0.4) is 0 Å². The summed E-state index contributed by atoms with van der Waals surface area (Å²) in [5.74, 6) is -3.47. The molecule has 0 aromatic heterocycles. The smallest absolute Gasteiger partial charge is 0.416 e. The average Bonchev–Trinajstić information content (AvgIpc) is 2.34. The lowest BCUT2D eigenvalue weighted by Crippen LogP contribution is -2.33. The highest BCUT2D eigenvalue weighted by molar-refractivity contribution is 5.96. The van der Waals surface area contributed by atoms with Crippen molar-refractivity contribution >= 4 is 11.9 Å². The second-order valence-electron chi connectivity index (χ2n) is 3.93. The maximum Gasteiger partial charge on any atom is 0.416 e. The molecular weight excluding hydrogens is 263 g/mol. The number of hydrogen-bond acceptors (Lipinski definition) is 2. The van der Waals surface area contributed by atoms with E-state index >= 15 is 0 Å². The Hall–Kier alpha value is -2.05. The molecular formula is C12H12F3NO3. The molecule has 1 unspecified atom stereocenters. The summed E-state index contributed by atoms with van der Waals surface area (Å²) >= 11 is 0. The first-order valence-electron chi connectivity index (χ1n) is 5.39. The molecule has 0 aliphatic carbocycles. The molecule has 19 heavy (non-hydrogen) atoms. The zero-order chi connectivity index (χ0) is 14.6. The third-order valence-electron chi connectivity index (χ3n) is 2.54. The minimum atomic E-state index is -4.51. The maximum atomic E-state index is 12.7. The number of benzene rings is 1. The molecule has 0 spiro atoms. The van der Waals surface area contributed by atoms with Gasteiger partial charge in [0.2, 0.25) is 5.91 Å². The van der Waals surface area contributed by atoms with Crippen LogP contribution in [0.1, 0.15) is 18.1 Å². The van der Waals surface area contributed by atoms with Crippen LogP contribution < -0.4 is 5.32 Å². The Kier molecular flexibility index (Phi) is 4.52. The molecule has 1 aromatic rings. The lowest BCUT2D eigenvalue weighted by molar-refractivity contribution is -0.146. The van der Waals surface area contributed by atoms with Crippen LogP contribution in [-0.2, 0) is 22.3 Å². The number of carboxylic acids is 1. The van der Waals surface area contributed by atoms with E-state index in [1.165, 1.54) is 18.2 Å². The molecule has 0 fully saturated rings. The van der Waals surface area contributed by atoms with E-state index in [1.807, 2.05) is 0 Å². The van der Waals surface area contributed by atoms with Gasteiger partial charge in [-0.15, -0.1) is 0 Å². The number of rotatable bonds is 4. The highest BCUT2D eigenvalue weighted by Crippen LogP contribution is 2.31. The quantitative estimate of drug-likeness (QED) is 0.826. The summed E-state index contributed by atoms with van der Waals surface area (Å²) in [7, 11) is 0. The van der Waals surface area contributed by atoms with Crippen molar-refractivity contribution in [2.45, 2.75) is 19.6 Å². The number of alkyl halides is 3. The van der Waals surface area contributed by atoms with Crippen molar-refractivity contribution in [3.8, 4) is 0 Å². The number of carbonyl (C=O) groups excluding carboxylic acids is 1. The highest BCUT2D eigenvalue weighted by atomic mass is 19.4. The minimum absolute atomic E-state index is 0.110. The molecule has 1 aromatic carbocycles. The van der Waals surface area contributed by atoms with Crippen LogP contribution in [0.2, 0.25) is 0 Å². The van der Waals surface area contributed by atoms with Crippen molar-refractivity contribution in [1.29, 1.82) is 0 Å². The van der Waals surface area contributed by atoms with Crippen LogP contribution in [-0.4, -0.2) is 17.0 Å². The van der Waals surface area contributed by atoms with Gasteiger partial charge in [0.05, 0.1) is 5.56 Å². The van der Waals surface area contributed by atoms with Crippen LogP contribution in [0.25, 0.3) is 0 Å². The summed E-state index contributed by atoms with van der Waals surface area (Å²) in [6.07, 6.45) is -4.51. The molecule has 4 nitrogen and oxygen atoms in total. The summed E-state index contributed by atoms with van der Waals surface area (Å²) in [5, 5.41) is 10.8. The summed E-state index contributed by atoms with van der Waals surface area (Å²) in [5.41, 5.74) is -0.959. The van der Waals surface area contributed by atoms with Crippen molar-refractivity contribution in [2.75, 3.05) is 0 Å². The fourth-order valence-electron chi connectivity index (χ4n) is 1.40. The van der Waals surface area contributed by atoms with Crippen molar-refractivity contribution < 1.29 is 27.9 Å². The number of amides is 1. The second-order valence-corrected chi connectivity index (χ2v) is 3.93. The van der Waals surface area contributed by atoms with Crippen molar-refractivity contribution in [2.24, 2.45) is 5.92 Å². The van der Waals surface area contributed by atoms with Gasteiger partial charge in [0.15, 0.2) is 0 Å². The normalized spacial score (nSPS) is 12.8. The zero-order valence-electron chi connectivity index (χ0n) is 9.99. The van der Waals surface area contributed by atoms with E-state index < -0.39 is 29.5 Å². The standard InChI is InChI=1S/C12H12F3NO3/c1-7(11(18)19)10(17)16-6-8-4-2-3-5-9(8)12(13,14)15/h2-5,7H,6H2,1H3,(H,16,17)(H,18,19). The fourth-order valence-corrected chi connectivity index (χ4v) is 1.40. The molecule has 0 saturated heterocycles. The monoisotopic (exact) mass is 275 g/mol. The summed E-state index contributed by atoms with van der Waals surface area (Å²) in [6, 6.07) is 4.79. The Balaban J connectivity index is 2.79. The van der Waals surface area contributed by atoms with Gasteiger partial charge in [-0.3, -0.25) is 9.59 Å². The van der Waals surface area contributed by atoms with Crippen LogP contribution in [0.15, 0.2) is 24.3 Å².